The monoisotopic (exact) mass is 239 g/mol. The summed E-state index contributed by atoms with van der Waals surface area (Å²) in [5.74, 6) is 6.62. The molecule has 4 nitrogen and oxygen atoms in total. The van der Waals surface area contributed by atoms with Crippen LogP contribution in [0.1, 0.15) is 6.92 Å². The molecule has 18 heavy (non-hydrogen) atoms. The van der Waals surface area contributed by atoms with Crippen LogP contribution in [0.5, 0.6) is 5.75 Å². The zero-order chi connectivity index (χ0) is 12.8. The summed E-state index contributed by atoms with van der Waals surface area (Å²) in [5.41, 5.74) is 7.20. The number of hydrogen-bond donors (Lipinski definition) is 1. The van der Waals surface area contributed by atoms with E-state index in [0.717, 1.165) is 17.0 Å². The summed E-state index contributed by atoms with van der Waals surface area (Å²) in [6, 6.07) is 9.43. The maximum Gasteiger partial charge on any atom is 0.220 e. The number of nitrogens with zero attached hydrogens (tertiary/aromatic N) is 2. The van der Waals surface area contributed by atoms with Crippen molar-refractivity contribution in [1.82, 2.24) is 9.97 Å². The van der Waals surface area contributed by atoms with Gasteiger partial charge in [-0.3, -0.25) is 0 Å². The first kappa shape index (κ1) is 11.9. The van der Waals surface area contributed by atoms with E-state index in [4.69, 9.17) is 10.5 Å². The van der Waals surface area contributed by atoms with Crippen LogP contribution >= 0.6 is 0 Å². The Morgan fingerprint density at radius 3 is 2.89 bits per heavy atom. The van der Waals surface area contributed by atoms with Crippen LogP contribution in [0.3, 0.4) is 0 Å². The van der Waals surface area contributed by atoms with Crippen molar-refractivity contribution in [1.29, 1.82) is 0 Å². The van der Waals surface area contributed by atoms with Gasteiger partial charge in [-0.25, -0.2) is 9.97 Å². The molecule has 0 radical (unpaired) electrons. The van der Waals surface area contributed by atoms with Crippen molar-refractivity contribution in [3.05, 3.63) is 36.5 Å². The normalized spacial score (nSPS) is 9.39. The summed E-state index contributed by atoms with van der Waals surface area (Å²) >= 11 is 0. The first-order chi connectivity index (χ1) is 8.81. The molecule has 0 saturated heterocycles. The van der Waals surface area contributed by atoms with E-state index in [-0.39, 0.29) is 5.95 Å². The minimum absolute atomic E-state index is 0.246. The fourth-order valence-corrected chi connectivity index (χ4v) is 1.51. The Balaban J connectivity index is 2.34. The van der Waals surface area contributed by atoms with Gasteiger partial charge in [0.15, 0.2) is 0 Å². The average Bonchev–Trinajstić information content (AvgIpc) is 2.40. The Kier molecular flexibility index (Phi) is 3.77. The van der Waals surface area contributed by atoms with E-state index < -0.39 is 0 Å². The molecule has 0 fully saturated rings. The molecule has 0 atom stereocenters. The van der Waals surface area contributed by atoms with Gasteiger partial charge in [-0.1, -0.05) is 18.1 Å². The highest BCUT2D eigenvalue weighted by atomic mass is 16.5. The fraction of sp³-hybridized carbons (Fsp3) is 0.143. The Morgan fingerprint density at radius 1 is 1.28 bits per heavy atom. The smallest absolute Gasteiger partial charge is 0.220 e. The number of anilines is 1. The highest BCUT2D eigenvalue weighted by molar-refractivity contribution is 5.67. The lowest BCUT2D eigenvalue weighted by Crippen LogP contribution is -1.99. The zero-order valence-electron chi connectivity index (χ0n) is 10.1. The summed E-state index contributed by atoms with van der Waals surface area (Å²) in [5, 5.41) is 0. The minimum atomic E-state index is 0.246. The number of benzene rings is 1. The predicted octanol–water partition coefficient (Wildman–Crippen LogP) is 2.13. The van der Waals surface area contributed by atoms with Gasteiger partial charge in [0.25, 0.3) is 0 Å². The topological polar surface area (TPSA) is 61.0 Å². The molecular formula is C14H13N3O. The van der Waals surface area contributed by atoms with Gasteiger partial charge in [-0.15, -0.1) is 5.92 Å². The third kappa shape index (κ3) is 2.77. The first-order valence-corrected chi connectivity index (χ1v) is 5.51. The van der Waals surface area contributed by atoms with Crippen molar-refractivity contribution in [3.63, 3.8) is 0 Å². The third-order valence-electron chi connectivity index (χ3n) is 2.31. The van der Waals surface area contributed by atoms with E-state index in [0.29, 0.717) is 6.61 Å². The van der Waals surface area contributed by atoms with Crippen molar-refractivity contribution < 1.29 is 4.74 Å². The Morgan fingerprint density at radius 2 is 2.11 bits per heavy atom. The van der Waals surface area contributed by atoms with Crippen LogP contribution in [0.15, 0.2) is 36.5 Å². The van der Waals surface area contributed by atoms with Crippen molar-refractivity contribution in [2.24, 2.45) is 0 Å². The molecule has 1 aromatic heterocycles. The van der Waals surface area contributed by atoms with E-state index in [2.05, 4.69) is 21.8 Å². The number of para-hydroxylation sites is 1. The molecular weight excluding hydrogens is 226 g/mol. The lowest BCUT2D eigenvalue weighted by atomic mass is 10.1. The number of rotatable bonds is 3. The Hall–Kier alpha value is -2.54. The number of ether oxygens (including phenoxy) is 1. The lowest BCUT2D eigenvalue weighted by molar-refractivity contribution is 0.371. The second-order valence-corrected chi connectivity index (χ2v) is 3.51. The third-order valence-corrected chi connectivity index (χ3v) is 2.31. The number of nitrogen functional groups attached to an aromatic ring is 1. The van der Waals surface area contributed by atoms with Crippen LogP contribution in [0.2, 0.25) is 0 Å². The van der Waals surface area contributed by atoms with Crippen LogP contribution < -0.4 is 10.5 Å². The van der Waals surface area contributed by atoms with Gasteiger partial charge in [0.1, 0.15) is 12.4 Å². The van der Waals surface area contributed by atoms with Gasteiger partial charge in [0, 0.05) is 11.8 Å². The SMILES string of the molecule is CC#CCOc1ccccc1-c1ccnc(N)n1. The van der Waals surface area contributed by atoms with E-state index in [1.807, 2.05) is 24.3 Å². The Bertz CT molecular complexity index is 599. The largest absolute Gasteiger partial charge is 0.480 e. The van der Waals surface area contributed by atoms with Gasteiger partial charge in [0.05, 0.1) is 5.69 Å². The molecule has 2 rings (SSSR count). The molecule has 0 amide bonds. The molecule has 1 aromatic carbocycles. The van der Waals surface area contributed by atoms with Crippen molar-refractivity contribution >= 4 is 5.95 Å². The molecule has 0 unspecified atom stereocenters. The maximum absolute atomic E-state index is 5.60. The van der Waals surface area contributed by atoms with E-state index in [1.165, 1.54) is 0 Å². The zero-order valence-corrected chi connectivity index (χ0v) is 10.1. The summed E-state index contributed by atoms with van der Waals surface area (Å²) < 4.78 is 5.60. The van der Waals surface area contributed by atoms with Gasteiger partial charge in [-0.05, 0) is 25.1 Å². The van der Waals surface area contributed by atoms with Crippen molar-refractivity contribution in [2.45, 2.75) is 6.92 Å². The van der Waals surface area contributed by atoms with E-state index in [9.17, 15) is 0 Å². The number of hydrogen-bond acceptors (Lipinski definition) is 4. The van der Waals surface area contributed by atoms with Crippen LogP contribution in [0, 0.1) is 11.8 Å². The molecule has 0 bridgehead atoms. The maximum atomic E-state index is 5.60. The average molecular weight is 239 g/mol. The highest BCUT2D eigenvalue weighted by Crippen LogP contribution is 2.28. The van der Waals surface area contributed by atoms with Crippen LogP contribution in [0.4, 0.5) is 5.95 Å². The number of nitrogens with two attached hydrogens (primary N) is 1. The minimum Gasteiger partial charge on any atom is -0.480 e. The van der Waals surface area contributed by atoms with Crippen molar-refractivity contribution in [3.8, 4) is 28.8 Å². The molecule has 0 aliphatic heterocycles. The molecule has 4 heteroatoms. The van der Waals surface area contributed by atoms with E-state index >= 15 is 0 Å². The standard InChI is InChI=1S/C14H13N3O/c1-2-3-10-18-13-7-5-4-6-11(13)12-8-9-16-14(15)17-12/h4-9H,10H2,1H3,(H2,15,16,17). The molecule has 0 spiro atoms. The van der Waals surface area contributed by atoms with Gasteiger partial charge in [0.2, 0.25) is 5.95 Å². The molecule has 0 aliphatic carbocycles. The van der Waals surface area contributed by atoms with Crippen LogP contribution in [-0.2, 0) is 0 Å². The summed E-state index contributed by atoms with van der Waals surface area (Å²) in [6.07, 6.45) is 1.63. The second-order valence-electron chi connectivity index (χ2n) is 3.51. The fourth-order valence-electron chi connectivity index (χ4n) is 1.51. The highest BCUT2D eigenvalue weighted by Gasteiger charge is 2.07. The van der Waals surface area contributed by atoms with Crippen LogP contribution in [-0.4, -0.2) is 16.6 Å². The Labute approximate surface area is 106 Å². The quantitative estimate of drug-likeness (QED) is 0.833. The summed E-state index contributed by atoms with van der Waals surface area (Å²) in [7, 11) is 0. The number of aromatic nitrogens is 2. The van der Waals surface area contributed by atoms with Crippen LogP contribution in [0.25, 0.3) is 11.3 Å². The second kappa shape index (κ2) is 5.69. The molecule has 1 heterocycles. The van der Waals surface area contributed by atoms with Gasteiger partial charge >= 0.3 is 0 Å². The molecule has 0 saturated carbocycles. The molecule has 2 aromatic rings. The van der Waals surface area contributed by atoms with Crippen molar-refractivity contribution in [2.75, 3.05) is 12.3 Å². The van der Waals surface area contributed by atoms with E-state index in [1.54, 1.807) is 19.2 Å². The molecule has 2 N–H and O–H groups in total. The predicted molar refractivity (Wildman–Crippen MR) is 70.8 cm³/mol. The lowest BCUT2D eigenvalue weighted by Gasteiger charge is -2.08. The summed E-state index contributed by atoms with van der Waals surface area (Å²) in [4.78, 5) is 8.06. The van der Waals surface area contributed by atoms with Gasteiger partial charge < -0.3 is 10.5 Å². The van der Waals surface area contributed by atoms with Gasteiger partial charge in [-0.2, -0.15) is 0 Å². The first-order valence-electron chi connectivity index (χ1n) is 5.51. The summed E-state index contributed by atoms with van der Waals surface area (Å²) in [6.45, 7) is 2.13. The molecule has 90 valence electrons. The molecule has 0 aliphatic rings.